The van der Waals surface area contributed by atoms with Crippen LogP contribution in [0.3, 0.4) is 0 Å². The predicted octanol–water partition coefficient (Wildman–Crippen LogP) is 3.08. The monoisotopic (exact) mass is 351 g/mol. The van der Waals surface area contributed by atoms with Gasteiger partial charge in [0.25, 0.3) is 5.91 Å². The number of rotatable bonds is 2. The van der Waals surface area contributed by atoms with Crippen molar-refractivity contribution in [1.82, 2.24) is 14.9 Å². The number of piperidine rings is 1. The van der Waals surface area contributed by atoms with E-state index in [1.54, 1.807) is 12.4 Å². The maximum absolute atomic E-state index is 13.1. The molecular formula is C21H25N3O2. The van der Waals surface area contributed by atoms with Gasteiger partial charge in [0, 0.05) is 24.7 Å². The number of aliphatic hydroxyl groups is 1. The van der Waals surface area contributed by atoms with Crippen molar-refractivity contribution in [2.45, 2.75) is 50.7 Å². The van der Waals surface area contributed by atoms with Gasteiger partial charge in [-0.05, 0) is 31.7 Å². The number of carbonyl (C=O) groups is 1. The van der Waals surface area contributed by atoms with E-state index < -0.39 is 5.60 Å². The molecule has 2 aromatic rings. The van der Waals surface area contributed by atoms with Crippen LogP contribution in [0.4, 0.5) is 0 Å². The number of carbonyl (C=O) groups excluding carboxylic acids is 1. The smallest absolute Gasteiger partial charge is 0.274 e. The van der Waals surface area contributed by atoms with Gasteiger partial charge in [0.1, 0.15) is 5.69 Å². The number of hydrogen-bond acceptors (Lipinski definition) is 4. The highest BCUT2D eigenvalue weighted by atomic mass is 16.3. The van der Waals surface area contributed by atoms with E-state index in [0.717, 1.165) is 36.9 Å². The molecule has 2 aliphatic rings. The van der Waals surface area contributed by atoms with Crippen LogP contribution in [-0.2, 0) is 5.60 Å². The lowest BCUT2D eigenvalue weighted by molar-refractivity contribution is -0.110. The summed E-state index contributed by atoms with van der Waals surface area (Å²) in [5, 5.41) is 11.6. The van der Waals surface area contributed by atoms with Crippen LogP contribution in [0.1, 0.15) is 53.8 Å². The zero-order valence-corrected chi connectivity index (χ0v) is 15.1. The van der Waals surface area contributed by atoms with Crippen molar-refractivity contribution >= 4 is 5.91 Å². The minimum atomic E-state index is -0.859. The third-order valence-corrected chi connectivity index (χ3v) is 6.01. The van der Waals surface area contributed by atoms with E-state index in [2.05, 4.69) is 9.97 Å². The molecule has 1 unspecified atom stereocenters. The van der Waals surface area contributed by atoms with Crippen LogP contribution in [0, 0.1) is 12.8 Å². The van der Waals surface area contributed by atoms with Crippen molar-refractivity contribution in [3.63, 3.8) is 0 Å². The Kier molecular flexibility index (Phi) is 4.49. The van der Waals surface area contributed by atoms with E-state index in [0.29, 0.717) is 18.7 Å². The first-order valence-electron chi connectivity index (χ1n) is 9.47. The first-order chi connectivity index (χ1) is 12.6. The van der Waals surface area contributed by atoms with Crippen LogP contribution in [0.15, 0.2) is 42.7 Å². The molecule has 1 aromatic carbocycles. The first-order valence-corrected chi connectivity index (χ1v) is 9.47. The van der Waals surface area contributed by atoms with Gasteiger partial charge in [-0.25, -0.2) is 4.98 Å². The van der Waals surface area contributed by atoms with Gasteiger partial charge >= 0.3 is 0 Å². The highest BCUT2D eigenvalue weighted by Crippen LogP contribution is 2.47. The molecule has 0 spiro atoms. The first kappa shape index (κ1) is 17.2. The van der Waals surface area contributed by atoms with E-state index in [9.17, 15) is 9.90 Å². The zero-order valence-electron chi connectivity index (χ0n) is 15.1. The largest absolute Gasteiger partial charge is 0.385 e. The van der Waals surface area contributed by atoms with Crippen molar-refractivity contribution in [3.05, 3.63) is 59.7 Å². The molecular weight excluding hydrogens is 326 g/mol. The van der Waals surface area contributed by atoms with Gasteiger partial charge in [-0.3, -0.25) is 9.78 Å². The van der Waals surface area contributed by atoms with Crippen LogP contribution in [0.5, 0.6) is 0 Å². The minimum Gasteiger partial charge on any atom is -0.385 e. The van der Waals surface area contributed by atoms with Gasteiger partial charge < -0.3 is 10.0 Å². The second-order valence-electron chi connectivity index (χ2n) is 7.54. The standard InChI is InChI=1S/C21H25N3O2/c1-15-13-23-18(14-22-15)20(25)24-12-11-21(26,16-7-3-2-4-8-16)17-9-5-6-10-19(17)24/h2-4,7-8,13-14,17,19,26H,5-6,9-12H2,1H3/t17-,19-,21?/m1/s1. The lowest BCUT2D eigenvalue weighted by Crippen LogP contribution is -2.59. The van der Waals surface area contributed by atoms with Gasteiger partial charge in [0.05, 0.1) is 17.5 Å². The number of aromatic nitrogens is 2. The Bertz CT molecular complexity index is 778. The molecule has 0 bridgehead atoms. The summed E-state index contributed by atoms with van der Waals surface area (Å²) in [6, 6.07) is 10.00. The van der Waals surface area contributed by atoms with Crippen molar-refractivity contribution in [2.24, 2.45) is 5.92 Å². The summed E-state index contributed by atoms with van der Waals surface area (Å²) in [6.07, 6.45) is 7.83. The molecule has 2 fully saturated rings. The van der Waals surface area contributed by atoms with E-state index in [4.69, 9.17) is 0 Å². The molecule has 5 nitrogen and oxygen atoms in total. The van der Waals surface area contributed by atoms with E-state index in [-0.39, 0.29) is 17.9 Å². The molecule has 5 heteroatoms. The van der Waals surface area contributed by atoms with E-state index >= 15 is 0 Å². The third-order valence-electron chi connectivity index (χ3n) is 6.01. The summed E-state index contributed by atoms with van der Waals surface area (Å²) < 4.78 is 0. The summed E-state index contributed by atoms with van der Waals surface area (Å²) in [4.78, 5) is 23.5. The van der Waals surface area contributed by atoms with Crippen LogP contribution < -0.4 is 0 Å². The molecule has 1 aliphatic heterocycles. The Labute approximate surface area is 154 Å². The summed E-state index contributed by atoms with van der Waals surface area (Å²) in [7, 11) is 0. The topological polar surface area (TPSA) is 66.3 Å². The SMILES string of the molecule is Cc1cnc(C(=O)N2CCC(O)(c3ccccc3)[C@@H]3CCCC[C@H]32)cn1. The highest BCUT2D eigenvalue weighted by molar-refractivity contribution is 5.92. The molecule has 136 valence electrons. The molecule has 1 saturated heterocycles. The van der Waals surface area contributed by atoms with Crippen molar-refractivity contribution in [2.75, 3.05) is 6.54 Å². The Hall–Kier alpha value is -2.27. The molecule has 1 saturated carbocycles. The van der Waals surface area contributed by atoms with Crippen LogP contribution in [0.25, 0.3) is 0 Å². The lowest BCUT2D eigenvalue weighted by Gasteiger charge is -2.52. The van der Waals surface area contributed by atoms with Crippen molar-refractivity contribution in [1.29, 1.82) is 0 Å². The van der Waals surface area contributed by atoms with Crippen molar-refractivity contribution < 1.29 is 9.90 Å². The summed E-state index contributed by atoms with van der Waals surface area (Å²) >= 11 is 0. The Balaban J connectivity index is 1.64. The maximum Gasteiger partial charge on any atom is 0.274 e. The minimum absolute atomic E-state index is 0.0540. The lowest BCUT2D eigenvalue weighted by atomic mass is 9.66. The third kappa shape index (κ3) is 2.90. The fourth-order valence-corrected chi connectivity index (χ4v) is 4.67. The Morgan fingerprint density at radius 2 is 1.92 bits per heavy atom. The quantitative estimate of drug-likeness (QED) is 0.903. The van der Waals surface area contributed by atoms with Gasteiger partial charge in [0.15, 0.2) is 0 Å². The molecule has 1 N–H and O–H groups in total. The van der Waals surface area contributed by atoms with E-state index in [1.165, 1.54) is 0 Å². The predicted molar refractivity (Wildman–Crippen MR) is 98.5 cm³/mol. The molecule has 0 radical (unpaired) electrons. The number of likely N-dealkylation sites (tertiary alicyclic amines) is 1. The molecule has 1 amide bonds. The summed E-state index contributed by atoms with van der Waals surface area (Å²) in [5.74, 6) is -0.000677. The number of hydrogen-bond donors (Lipinski definition) is 1. The maximum atomic E-state index is 13.1. The average molecular weight is 351 g/mol. The van der Waals surface area contributed by atoms with Gasteiger partial charge in [-0.2, -0.15) is 0 Å². The molecule has 26 heavy (non-hydrogen) atoms. The van der Waals surface area contributed by atoms with Crippen LogP contribution in [0.2, 0.25) is 0 Å². The molecule has 2 heterocycles. The second-order valence-corrected chi connectivity index (χ2v) is 7.54. The van der Waals surface area contributed by atoms with Gasteiger partial charge in [-0.1, -0.05) is 43.2 Å². The number of nitrogens with zero attached hydrogens (tertiary/aromatic N) is 3. The van der Waals surface area contributed by atoms with Gasteiger partial charge in [-0.15, -0.1) is 0 Å². The Morgan fingerprint density at radius 3 is 2.65 bits per heavy atom. The van der Waals surface area contributed by atoms with Crippen LogP contribution >= 0.6 is 0 Å². The number of aryl methyl sites for hydroxylation is 1. The normalized spacial score (nSPS) is 28.5. The average Bonchev–Trinajstić information content (AvgIpc) is 2.69. The summed E-state index contributed by atoms with van der Waals surface area (Å²) in [5.41, 5.74) is 1.31. The fourth-order valence-electron chi connectivity index (χ4n) is 4.67. The molecule has 4 rings (SSSR count). The molecule has 1 aliphatic carbocycles. The second kappa shape index (κ2) is 6.80. The molecule has 1 aromatic heterocycles. The number of benzene rings is 1. The fraction of sp³-hybridized carbons (Fsp3) is 0.476. The van der Waals surface area contributed by atoms with Crippen LogP contribution in [-0.4, -0.2) is 38.5 Å². The number of fused-ring (bicyclic) bond motifs is 1. The Morgan fingerprint density at radius 1 is 1.15 bits per heavy atom. The highest BCUT2D eigenvalue weighted by Gasteiger charge is 2.50. The summed E-state index contributed by atoms with van der Waals surface area (Å²) in [6.45, 7) is 2.40. The van der Waals surface area contributed by atoms with Crippen molar-refractivity contribution in [3.8, 4) is 0 Å². The van der Waals surface area contributed by atoms with Gasteiger partial charge in [0.2, 0.25) is 0 Å². The zero-order chi connectivity index (χ0) is 18.1. The van der Waals surface area contributed by atoms with E-state index in [1.807, 2.05) is 42.2 Å². The number of amides is 1. The molecule has 3 atom stereocenters.